The highest BCUT2D eigenvalue weighted by atomic mass is 19.4. The van der Waals surface area contributed by atoms with Gasteiger partial charge in [0.2, 0.25) is 11.8 Å². The van der Waals surface area contributed by atoms with E-state index < -0.39 is 31.0 Å². The molecule has 0 aliphatic carbocycles. The summed E-state index contributed by atoms with van der Waals surface area (Å²) in [6.45, 7) is -0.0341. The number of carbonyl (C=O) groups is 2. The molecular weight excluding hydrogens is 351 g/mol. The maximum absolute atomic E-state index is 12.0. The minimum absolute atomic E-state index is 0.108. The van der Waals surface area contributed by atoms with Gasteiger partial charge in [-0.05, 0) is 25.0 Å². The predicted octanol–water partition coefficient (Wildman–Crippen LogP) is 1.85. The van der Waals surface area contributed by atoms with E-state index in [0.29, 0.717) is 25.9 Å². The molecule has 1 aliphatic heterocycles. The monoisotopic (exact) mass is 373 g/mol. The molecule has 1 aromatic carbocycles. The molecule has 0 radical (unpaired) electrons. The zero-order valence-electron chi connectivity index (χ0n) is 14.4. The molecule has 0 spiro atoms. The molecule has 0 aromatic heterocycles. The SMILES string of the molecule is COc1ccccc1N1CCC(NC(=O)CC(=O)NCC(F)(F)F)CC1. The fourth-order valence-electron chi connectivity index (χ4n) is 2.84. The highest BCUT2D eigenvalue weighted by molar-refractivity contribution is 5.97. The van der Waals surface area contributed by atoms with E-state index in [0.717, 1.165) is 11.4 Å². The van der Waals surface area contributed by atoms with E-state index >= 15 is 0 Å². The van der Waals surface area contributed by atoms with Crippen LogP contribution in [-0.2, 0) is 9.59 Å². The molecule has 0 atom stereocenters. The molecule has 0 bridgehead atoms. The number of alkyl halides is 3. The van der Waals surface area contributed by atoms with Crippen molar-refractivity contribution in [1.29, 1.82) is 0 Å². The van der Waals surface area contributed by atoms with Crippen LogP contribution in [-0.4, -0.2) is 50.8 Å². The maximum atomic E-state index is 12.0. The molecule has 2 N–H and O–H groups in total. The first-order valence-corrected chi connectivity index (χ1v) is 8.29. The fourth-order valence-corrected chi connectivity index (χ4v) is 2.84. The van der Waals surface area contributed by atoms with Gasteiger partial charge in [0.25, 0.3) is 0 Å². The number of hydrogen-bond acceptors (Lipinski definition) is 4. The lowest BCUT2D eigenvalue weighted by atomic mass is 10.0. The highest BCUT2D eigenvalue weighted by Gasteiger charge is 2.28. The lowest BCUT2D eigenvalue weighted by Gasteiger charge is -2.34. The number of piperidine rings is 1. The number of halogens is 3. The summed E-state index contributed by atoms with van der Waals surface area (Å²) < 4.78 is 41.4. The molecule has 1 saturated heterocycles. The van der Waals surface area contributed by atoms with Gasteiger partial charge >= 0.3 is 6.18 Å². The van der Waals surface area contributed by atoms with Crippen LogP contribution in [0.5, 0.6) is 5.75 Å². The number of ether oxygens (including phenoxy) is 1. The van der Waals surface area contributed by atoms with E-state index in [9.17, 15) is 22.8 Å². The fraction of sp³-hybridized carbons (Fsp3) is 0.529. The van der Waals surface area contributed by atoms with Crippen molar-refractivity contribution < 1.29 is 27.5 Å². The lowest BCUT2D eigenvalue weighted by molar-refractivity contribution is -0.140. The van der Waals surface area contributed by atoms with Crippen LogP contribution in [0.2, 0.25) is 0 Å². The van der Waals surface area contributed by atoms with Crippen LogP contribution in [0, 0.1) is 0 Å². The molecular formula is C17H22F3N3O3. The summed E-state index contributed by atoms with van der Waals surface area (Å²) in [5.74, 6) is -0.733. The van der Waals surface area contributed by atoms with Crippen LogP contribution >= 0.6 is 0 Å². The second-order valence-corrected chi connectivity index (χ2v) is 6.07. The number of hydrogen-bond donors (Lipinski definition) is 2. The number of amides is 2. The Labute approximate surface area is 149 Å². The van der Waals surface area contributed by atoms with Crippen molar-refractivity contribution in [1.82, 2.24) is 10.6 Å². The third kappa shape index (κ3) is 6.12. The van der Waals surface area contributed by atoms with Crippen LogP contribution in [0.25, 0.3) is 0 Å². The van der Waals surface area contributed by atoms with Gasteiger partial charge in [0.1, 0.15) is 18.7 Å². The van der Waals surface area contributed by atoms with Crippen molar-refractivity contribution in [2.75, 3.05) is 31.6 Å². The average molecular weight is 373 g/mol. The number of nitrogens with zero attached hydrogens (tertiary/aromatic N) is 1. The van der Waals surface area contributed by atoms with E-state index in [4.69, 9.17) is 4.74 Å². The molecule has 2 amide bonds. The summed E-state index contributed by atoms with van der Waals surface area (Å²) in [7, 11) is 1.61. The van der Waals surface area contributed by atoms with Crippen molar-refractivity contribution in [3.05, 3.63) is 24.3 Å². The molecule has 0 unspecified atom stereocenters. The number of carbonyl (C=O) groups excluding carboxylic acids is 2. The molecule has 2 rings (SSSR count). The van der Waals surface area contributed by atoms with E-state index in [1.54, 1.807) is 12.4 Å². The van der Waals surface area contributed by atoms with Crippen LogP contribution in [0.1, 0.15) is 19.3 Å². The Kier molecular flexibility index (Phi) is 6.70. The van der Waals surface area contributed by atoms with Crippen LogP contribution in [0.3, 0.4) is 0 Å². The zero-order valence-corrected chi connectivity index (χ0v) is 14.4. The van der Waals surface area contributed by atoms with Crippen LogP contribution < -0.4 is 20.3 Å². The van der Waals surface area contributed by atoms with Crippen molar-refractivity contribution in [3.8, 4) is 5.75 Å². The summed E-state index contributed by atoms with van der Waals surface area (Å²) in [6.07, 6.45) is -3.75. The Morgan fingerprint density at radius 3 is 2.46 bits per heavy atom. The number of nitrogens with one attached hydrogen (secondary N) is 2. The first kappa shape index (κ1) is 19.9. The largest absolute Gasteiger partial charge is 0.495 e. The van der Waals surface area contributed by atoms with Crippen molar-refractivity contribution >= 4 is 17.5 Å². The molecule has 1 fully saturated rings. The van der Waals surface area contributed by atoms with Gasteiger partial charge < -0.3 is 20.3 Å². The van der Waals surface area contributed by atoms with Crippen molar-refractivity contribution in [2.24, 2.45) is 0 Å². The summed E-state index contributed by atoms with van der Waals surface area (Å²) in [6, 6.07) is 7.54. The molecule has 0 saturated carbocycles. The molecule has 9 heteroatoms. The second-order valence-electron chi connectivity index (χ2n) is 6.07. The minimum atomic E-state index is -4.49. The van der Waals surface area contributed by atoms with Gasteiger partial charge in [-0.15, -0.1) is 0 Å². The van der Waals surface area contributed by atoms with Crippen LogP contribution in [0.4, 0.5) is 18.9 Å². The number of rotatable bonds is 6. The van der Waals surface area contributed by atoms with E-state index in [2.05, 4.69) is 10.2 Å². The first-order valence-electron chi connectivity index (χ1n) is 8.29. The average Bonchev–Trinajstić information content (AvgIpc) is 2.60. The Balaban J connectivity index is 1.76. The van der Waals surface area contributed by atoms with Gasteiger partial charge in [0.05, 0.1) is 12.8 Å². The quantitative estimate of drug-likeness (QED) is 0.747. The van der Waals surface area contributed by atoms with Crippen molar-refractivity contribution in [2.45, 2.75) is 31.5 Å². The summed E-state index contributed by atoms with van der Waals surface area (Å²) in [5.41, 5.74) is 0.978. The van der Waals surface area contributed by atoms with Crippen LogP contribution in [0.15, 0.2) is 24.3 Å². The standard InChI is InChI=1S/C17H22F3N3O3/c1-26-14-5-3-2-4-13(14)23-8-6-12(7-9-23)22-16(25)10-15(24)21-11-17(18,19)20/h2-5,12H,6-11H2,1H3,(H,21,24)(H,22,25). The van der Waals surface area contributed by atoms with Crippen molar-refractivity contribution in [3.63, 3.8) is 0 Å². The minimum Gasteiger partial charge on any atom is -0.495 e. The third-order valence-electron chi connectivity index (χ3n) is 4.09. The topological polar surface area (TPSA) is 70.7 Å². The lowest BCUT2D eigenvalue weighted by Crippen LogP contribution is -2.46. The summed E-state index contributed by atoms with van der Waals surface area (Å²) in [5, 5.41) is 4.39. The number of para-hydroxylation sites is 2. The highest BCUT2D eigenvalue weighted by Crippen LogP contribution is 2.29. The first-order chi connectivity index (χ1) is 12.3. The Bertz CT molecular complexity index is 629. The Morgan fingerprint density at radius 2 is 1.85 bits per heavy atom. The van der Waals surface area contributed by atoms with Gasteiger partial charge in [0.15, 0.2) is 0 Å². The predicted molar refractivity (Wildman–Crippen MR) is 90.1 cm³/mol. The zero-order chi connectivity index (χ0) is 19.2. The smallest absolute Gasteiger partial charge is 0.405 e. The van der Waals surface area contributed by atoms with E-state index in [1.807, 2.05) is 24.3 Å². The number of benzene rings is 1. The molecule has 1 aliphatic rings. The second kappa shape index (κ2) is 8.77. The molecule has 1 aromatic rings. The van der Waals surface area contributed by atoms with Gasteiger partial charge in [0, 0.05) is 19.1 Å². The van der Waals surface area contributed by atoms with Gasteiger partial charge in [-0.3, -0.25) is 9.59 Å². The Morgan fingerprint density at radius 1 is 1.19 bits per heavy atom. The molecule has 144 valence electrons. The van der Waals surface area contributed by atoms with E-state index in [1.165, 1.54) is 0 Å². The van der Waals surface area contributed by atoms with E-state index in [-0.39, 0.29) is 6.04 Å². The Hall–Kier alpha value is -2.45. The normalized spacial score (nSPS) is 15.5. The summed E-state index contributed by atoms with van der Waals surface area (Å²) >= 11 is 0. The van der Waals surface area contributed by atoms with Gasteiger partial charge in [-0.2, -0.15) is 13.2 Å². The molecule has 6 nitrogen and oxygen atoms in total. The van der Waals surface area contributed by atoms with Gasteiger partial charge in [-0.25, -0.2) is 0 Å². The number of methoxy groups -OCH3 is 1. The van der Waals surface area contributed by atoms with Gasteiger partial charge in [-0.1, -0.05) is 12.1 Å². The summed E-state index contributed by atoms with van der Waals surface area (Å²) in [4.78, 5) is 25.3. The number of anilines is 1. The maximum Gasteiger partial charge on any atom is 0.405 e. The third-order valence-corrected chi connectivity index (χ3v) is 4.09. The molecule has 26 heavy (non-hydrogen) atoms. The molecule has 1 heterocycles.